The van der Waals surface area contributed by atoms with Crippen molar-refractivity contribution in [1.29, 1.82) is 0 Å². The number of nitro benzene ring substituents is 1. The highest BCUT2D eigenvalue weighted by Gasteiger charge is 2.33. The first-order valence-corrected chi connectivity index (χ1v) is 11.9. The van der Waals surface area contributed by atoms with E-state index >= 15 is 0 Å². The molecular weight excluding hydrogens is 479 g/mol. The minimum absolute atomic E-state index is 0.0135. The summed E-state index contributed by atoms with van der Waals surface area (Å²) in [5.41, 5.74) is 1.46. The molecular formula is C24H30Cl2N4O4. The summed E-state index contributed by atoms with van der Waals surface area (Å²) in [6, 6.07) is 10.2. The maximum absolute atomic E-state index is 12.5. The van der Waals surface area contributed by atoms with Crippen LogP contribution in [-0.4, -0.2) is 53.7 Å². The fourth-order valence-corrected chi connectivity index (χ4v) is 4.57. The van der Waals surface area contributed by atoms with Crippen molar-refractivity contribution in [2.75, 3.05) is 36.0 Å². The standard InChI is InChI=1S/C24H30Cl2N4O4/c1-6-28(20-9-7-17(25)13-19(20)26)18-8-10-21(30(32)33)22(14-18)29-12-11-27(15-16(29)2)23(31)34-24(3,4)5/h7-10,13-14,16H,6,11-12,15H2,1-5H3/t16-/m1/s1. The Balaban J connectivity index is 1.93. The van der Waals surface area contributed by atoms with Crippen LogP contribution in [0.1, 0.15) is 34.6 Å². The first kappa shape index (κ1) is 25.9. The Morgan fingerprint density at radius 2 is 1.91 bits per heavy atom. The van der Waals surface area contributed by atoms with Crippen molar-refractivity contribution in [3.63, 3.8) is 0 Å². The third-order valence-electron chi connectivity index (χ3n) is 5.57. The van der Waals surface area contributed by atoms with Crippen molar-refractivity contribution in [2.45, 2.75) is 46.3 Å². The highest BCUT2D eigenvalue weighted by Crippen LogP contribution is 2.39. The maximum atomic E-state index is 12.5. The van der Waals surface area contributed by atoms with Crippen LogP contribution in [0, 0.1) is 10.1 Å². The molecule has 0 bridgehead atoms. The summed E-state index contributed by atoms with van der Waals surface area (Å²) < 4.78 is 5.49. The highest BCUT2D eigenvalue weighted by molar-refractivity contribution is 6.36. The highest BCUT2D eigenvalue weighted by atomic mass is 35.5. The third kappa shape index (κ3) is 5.85. The molecule has 2 aromatic rings. The van der Waals surface area contributed by atoms with Gasteiger partial charge < -0.3 is 19.4 Å². The van der Waals surface area contributed by atoms with Crippen molar-refractivity contribution in [1.82, 2.24) is 4.90 Å². The van der Waals surface area contributed by atoms with Crippen LogP contribution in [0.15, 0.2) is 36.4 Å². The smallest absolute Gasteiger partial charge is 0.410 e. The van der Waals surface area contributed by atoms with E-state index in [0.29, 0.717) is 41.9 Å². The Kier molecular flexibility index (Phi) is 7.83. The molecule has 1 amide bonds. The van der Waals surface area contributed by atoms with E-state index in [2.05, 4.69) is 0 Å². The summed E-state index contributed by atoms with van der Waals surface area (Å²) >= 11 is 12.5. The minimum atomic E-state index is -0.586. The lowest BCUT2D eigenvalue weighted by molar-refractivity contribution is -0.384. The van der Waals surface area contributed by atoms with E-state index < -0.39 is 5.60 Å². The van der Waals surface area contributed by atoms with E-state index in [-0.39, 0.29) is 22.7 Å². The number of carbonyl (C=O) groups excluding carboxylic acids is 1. The average Bonchev–Trinajstić information content (AvgIpc) is 2.74. The van der Waals surface area contributed by atoms with Crippen molar-refractivity contribution >= 4 is 52.0 Å². The largest absolute Gasteiger partial charge is 0.444 e. The van der Waals surface area contributed by atoms with Gasteiger partial charge >= 0.3 is 6.09 Å². The van der Waals surface area contributed by atoms with E-state index in [9.17, 15) is 14.9 Å². The van der Waals surface area contributed by atoms with Crippen LogP contribution >= 0.6 is 23.2 Å². The number of amides is 1. The molecule has 0 radical (unpaired) electrons. The predicted molar refractivity (Wildman–Crippen MR) is 137 cm³/mol. The van der Waals surface area contributed by atoms with Crippen LogP contribution in [0.25, 0.3) is 0 Å². The molecule has 0 unspecified atom stereocenters. The Morgan fingerprint density at radius 1 is 1.21 bits per heavy atom. The first-order chi connectivity index (χ1) is 15.9. The zero-order chi connectivity index (χ0) is 25.2. The number of anilines is 3. The summed E-state index contributed by atoms with van der Waals surface area (Å²) in [4.78, 5) is 29.6. The Morgan fingerprint density at radius 3 is 2.47 bits per heavy atom. The number of nitrogens with zero attached hydrogens (tertiary/aromatic N) is 4. The van der Waals surface area contributed by atoms with E-state index in [1.165, 1.54) is 6.07 Å². The van der Waals surface area contributed by atoms with Crippen molar-refractivity contribution in [2.24, 2.45) is 0 Å². The number of hydrogen-bond donors (Lipinski definition) is 0. The van der Waals surface area contributed by atoms with Crippen LogP contribution in [-0.2, 0) is 4.74 Å². The zero-order valence-electron chi connectivity index (χ0n) is 20.0. The van der Waals surface area contributed by atoms with Crippen LogP contribution < -0.4 is 9.80 Å². The molecule has 1 aliphatic rings. The lowest BCUT2D eigenvalue weighted by Crippen LogP contribution is -2.54. The monoisotopic (exact) mass is 508 g/mol. The molecule has 2 aromatic carbocycles. The molecule has 0 N–H and O–H groups in total. The maximum Gasteiger partial charge on any atom is 0.410 e. The van der Waals surface area contributed by atoms with Gasteiger partial charge in [0.1, 0.15) is 11.3 Å². The van der Waals surface area contributed by atoms with Crippen molar-refractivity contribution < 1.29 is 14.5 Å². The SMILES string of the molecule is CCN(c1ccc([N+](=O)[O-])c(N2CCN(C(=O)OC(C)(C)C)C[C@H]2C)c1)c1ccc(Cl)cc1Cl. The van der Waals surface area contributed by atoms with Gasteiger partial charge in [-0.1, -0.05) is 23.2 Å². The molecule has 3 rings (SSSR count). The van der Waals surface area contributed by atoms with Gasteiger partial charge in [-0.25, -0.2) is 4.79 Å². The second-order valence-corrected chi connectivity index (χ2v) is 10.1. The minimum Gasteiger partial charge on any atom is -0.444 e. The molecule has 8 nitrogen and oxygen atoms in total. The molecule has 34 heavy (non-hydrogen) atoms. The zero-order valence-corrected chi connectivity index (χ0v) is 21.6. The molecule has 1 heterocycles. The molecule has 1 atom stereocenters. The van der Waals surface area contributed by atoms with Crippen LogP contribution in [0.4, 0.5) is 27.5 Å². The van der Waals surface area contributed by atoms with Gasteiger partial charge in [-0.2, -0.15) is 0 Å². The lowest BCUT2D eigenvalue weighted by Gasteiger charge is -2.41. The fourth-order valence-electron chi connectivity index (χ4n) is 4.06. The van der Waals surface area contributed by atoms with Gasteiger partial charge in [0.15, 0.2) is 0 Å². The quantitative estimate of drug-likeness (QED) is 0.338. The summed E-state index contributed by atoms with van der Waals surface area (Å²) in [6.07, 6.45) is -0.378. The number of carbonyl (C=O) groups is 1. The van der Waals surface area contributed by atoms with Gasteiger partial charge in [0.25, 0.3) is 5.69 Å². The Labute approximate surface area is 210 Å². The number of rotatable bonds is 5. The van der Waals surface area contributed by atoms with Gasteiger partial charge in [-0.15, -0.1) is 0 Å². The van der Waals surface area contributed by atoms with Crippen LogP contribution in [0.3, 0.4) is 0 Å². The molecule has 0 spiro atoms. The van der Waals surface area contributed by atoms with Gasteiger partial charge in [0.2, 0.25) is 0 Å². The van der Waals surface area contributed by atoms with E-state index in [1.807, 2.05) is 56.6 Å². The van der Waals surface area contributed by atoms with E-state index in [0.717, 1.165) is 11.4 Å². The second kappa shape index (κ2) is 10.3. The Bertz CT molecular complexity index is 1070. The Hall–Kier alpha value is -2.71. The summed E-state index contributed by atoms with van der Waals surface area (Å²) in [6.45, 7) is 11.2. The number of nitro groups is 1. The first-order valence-electron chi connectivity index (χ1n) is 11.2. The molecule has 10 heteroatoms. The number of hydrogen-bond acceptors (Lipinski definition) is 6. The summed E-state index contributed by atoms with van der Waals surface area (Å²) in [5, 5.41) is 12.9. The molecule has 184 valence electrons. The van der Waals surface area contributed by atoms with Gasteiger partial charge in [-0.05, 0) is 65.0 Å². The van der Waals surface area contributed by atoms with E-state index in [1.54, 1.807) is 23.1 Å². The number of ether oxygens (including phenoxy) is 1. The van der Waals surface area contributed by atoms with Crippen molar-refractivity contribution in [3.05, 3.63) is 56.6 Å². The molecule has 1 aliphatic heterocycles. The summed E-state index contributed by atoms with van der Waals surface area (Å²) in [5.74, 6) is 0. The molecule has 1 fully saturated rings. The number of halogens is 2. The second-order valence-electron chi connectivity index (χ2n) is 9.24. The van der Waals surface area contributed by atoms with Gasteiger partial charge in [0, 0.05) is 49.0 Å². The topological polar surface area (TPSA) is 79.2 Å². The van der Waals surface area contributed by atoms with Gasteiger partial charge in [0.05, 0.1) is 15.6 Å². The van der Waals surface area contributed by atoms with Crippen LogP contribution in [0.5, 0.6) is 0 Å². The molecule has 0 aliphatic carbocycles. The fraction of sp³-hybridized carbons (Fsp3) is 0.458. The predicted octanol–water partition coefficient (Wildman–Crippen LogP) is 6.51. The van der Waals surface area contributed by atoms with Crippen LogP contribution in [0.2, 0.25) is 10.0 Å². The lowest BCUT2D eigenvalue weighted by atomic mass is 10.1. The third-order valence-corrected chi connectivity index (χ3v) is 6.11. The molecule has 0 aromatic heterocycles. The van der Waals surface area contributed by atoms with Gasteiger partial charge in [-0.3, -0.25) is 10.1 Å². The average molecular weight is 509 g/mol. The number of piperazine rings is 1. The van der Waals surface area contributed by atoms with Crippen molar-refractivity contribution in [3.8, 4) is 0 Å². The molecule has 1 saturated heterocycles. The normalized spacial score (nSPS) is 16.4. The number of benzene rings is 2. The molecule has 0 saturated carbocycles. The van der Waals surface area contributed by atoms with E-state index in [4.69, 9.17) is 27.9 Å². The summed E-state index contributed by atoms with van der Waals surface area (Å²) in [7, 11) is 0.